The maximum atomic E-state index is 13.4. The standard InChI is InChI=1S/C24H23BrClN3O3S/c1-16-4-11-22(14-17(16)2)29(33(31,32)23-12-9-21(26)10-13-23)15-24(30)28-27-18(3)19-5-7-20(25)8-6-19/h4-14H,15H2,1-3H3,(H,28,30)/b27-18-. The molecule has 0 fully saturated rings. The third-order valence-electron chi connectivity index (χ3n) is 5.08. The molecule has 1 amide bonds. The second-order valence-electron chi connectivity index (χ2n) is 7.47. The average molecular weight is 549 g/mol. The summed E-state index contributed by atoms with van der Waals surface area (Å²) in [6, 6.07) is 18.5. The lowest BCUT2D eigenvalue weighted by molar-refractivity contribution is -0.119. The first-order chi connectivity index (χ1) is 15.6. The van der Waals surface area contributed by atoms with Crippen molar-refractivity contribution in [2.75, 3.05) is 10.8 Å². The molecule has 3 aromatic carbocycles. The van der Waals surface area contributed by atoms with Crippen molar-refractivity contribution in [2.24, 2.45) is 5.10 Å². The van der Waals surface area contributed by atoms with E-state index >= 15 is 0 Å². The molecular weight excluding hydrogens is 526 g/mol. The SMILES string of the molecule is C/C(=N/NC(=O)CN(c1ccc(C)c(C)c1)S(=O)(=O)c1ccc(Cl)cc1)c1ccc(Br)cc1. The zero-order valence-electron chi connectivity index (χ0n) is 18.3. The van der Waals surface area contributed by atoms with Crippen LogP contribution in [-0.2, 0) is 14.8 Å². The van der Waals surface area contributed by atoms with E-state index in [1.165, 1.54) is 24.3 Å². The third-order valence-corrected chi connectivity index (χ3v) is 7.65. The van der Waals surface area contributed by atoms with Crippen LogP contribution < -0.4 is 9.73 Å². The topological polar surface area (TPSA) is 78.8 Å². The molecule has 1 N–H and O–H groups in total. The molecular formula is C24H23BrClN3O3S. The fourth-order valence-corrected chi connectivity index (χ4v) is 4.80. The maximum Gasteiger partial charge on any atom is 0.264 e. The number of hydrogen-bond acceptors (Lipinski definition) is 4. The van der Waals surface area contributed by atoms with Gasteiger partial charge in [-0.3, -0.25) is 9.10 Å². The number of nitrogens with one attached hydrogen (secondary N) is 1. The van der Waals surface area contributed by atoms with Crippen LogP contribution in [0, 0.1) is 13.8 Å². The molecule has 0 aliphatic rings. The van der Waals surface area contributed by atoms with Crippen molar-refractivity contribution in [2.45, 2.75) is 25.7 Å². The van der Waals surface area contributed by atoms with Crippen LogP contribution in [0.4, 0.5) is 5.69 Å². The van der Waals surface area contributed by atoms with Crippen molar-refractivity contribution in [3.05, 3.63) is 92.9 Å². The summed E-state index contributed by atoms with van der Waals surface area (Å²) in [4.78, 5) is 12.8. The van der Waals surface area contributed by atoms with E-state index in [1.54, 1.807) is 19.1 Å². The van der Waals surface area contributed by atoms with Crippen LogP contribution in [0.5, 0.6) is 0 Å². The number of hydrazone groups is 1. The van der Waals surface area contributed by atoms with E-state index in [0.717, 1.165) is 25.5 Å². The van der Waals surface area contributed by atoms with Gasteiger partial charge in [0.15, 0.2) is 0 Å². The van der Waals surface area contributed by atoms with Crippen LogP contribution in [0.1, 0.15) is 23.6 Å². The smallest absolute Gasteiger partial charge is 0.264 e. The van der Waals surface area contributed by atoms with Gasteiger partial charge in [-0.25, -0.2) is 13.8 Å². The summed E-state index contributed by atoms with van der Waals surface area (Å²) < 4.78 is 28.9. The maximum absolute atomic E-state index is 13.4. The molecule has 0 heterocycles. The second-order valence-corrected chi connectivity index (χ2v) is 10.7. The Morgan fingerprint density at radius 1 is 1.00 bits per heavy atom. The van der Waals surface area contributed by atoms with E-state index in [4.69, 9.17) is 11.6 Å². The number of benzene rings is 3. The number of anilines is 1. The molecule has 0 bridgehead atoms. The molecule has 172 valence electrons. The summed E-state index contributed by atoms with van der Waals surface area (Å²) in [5.41, 5.74) is 6.20. The number of nitrogens with zero attached hydrogens (tertiary/aromatic N) is 2. The van der Waals surface area contributed by atoms with Gasteiger partial charge in [0, 0.05) is 9.50 Å². The van der Waals surface area contributed by atoms with Crippen molar-refractivity contribution in [3.8, 4) is 0 Å². The monoisotopic (exact) mass is 547 g/mol. The number of halogens is 2. The summed E-state index contributed by atoms with van der Waals surface area (Å²) in [6.45, 7) is 5.14. The minimum absolute atomic E-state index is 0.0347. The second kappa shape index (κ2) is 10.5. The van der Waals surface area contributed by atoms with E-state index in [-0.39, 0.29) is 4.90 Å². The first kappa shape index (κ1) is 25.0. The highest BCUT2D eigenvalue weighted by atomic mass is 79.9. The Balaban J connectivity index is 1.90. The number of rotatable bonds is 7. The zero-order valence-corrected chi connectivity index (χ0v) is 21.5. The highest BCUT2D eigenvalue weighted by molar-refractivity contribution is 9.10. The van der Waals surface area contributed by atoms with Gasteiger partial charge >= 0.3 is 0 Å². The van der Waals surface area contributed by atoms with Gasteiger partial charge in [-0.05, 0) is 86.0 Å². The Morgan fingerprint density at radius 2 is 1.64 bits per heavy atom. The van der Waals surface area contributed by atoms with Crippen LogP contribution in [0.25, 0.3) is 0 Å². The number of hydrogen-bond donors (Lipinski definition) is 1. The largest absolute Gasteiger partial charge is 0.271 e. The van der Waals surface area contributed by atoms with Gasteiger partial charge in [-0.1, -0.05) is 45.7 Å². The minimum Gasteiger partial charge on any atom is -0.271 e. The first-order valence-corrected chi connectivity index (χ1v) is 12.6. The van der Waals surface area contributed by atoms with E-state index in [0.29, 0.717) is 16.4 Å². The fraction of sp³-hybridized carbons (Fsp3) is 0.167. The predicted molar refractivity (Wildman–Crippen MR) is 136 cm³/mol. The van der Waals surface area contributed by atoms with Crippen LogP contribution in [-0.4, -0.2) is 26.6 Å². The normalized spacial score (nSPS) is 11.8. The van der Waals surface area contributed by atoms with Gasteiger partial charge in [0.2, 0.25) is 0 Å². The summed E-state index contributed by atoms with van der Waals surface area (Å²) >= 11 is 9.30. The molecule has 0 atom stereocenters. The quantitative estimate of drug-likeness (QED) is 0.315. The molecule has 0 unspecified atom stereocenters. The number of carbonyl (C=O) groups excluding carboxylic acids is 1. The lowest BCUT2D eigenvalue weighted by Crippen LogP contribution is -2.39. The van der Waals surface area contributed by atoms with Crippen molar-refractivity contribution in [3.63, 3.8) is 0 Å². The highest BCUT2D eigenvalue weighted by Crippen LogP contribution is 2.26. The molecule has 3 aromatic rings. The number of amides is 1. The molecule has 0 spiro atoms. The number of sulfonamides is 1. The van der Waals surface area contributed by atoms with Gasteiger partial charge in [-0.15, -0.1) is 0 Å². The molecule has 0 saturated heterocycles. The van der Waals surface area contributed by atoms with E-state index < -0.39 is 22.5 Å². The van der Waals surface area contributed by atoms with Crippen LogP contribution in [0.3, 0.4) is 0 Å². The van der Waals surface area contributed by atoms with Crippen molar-refractivity contribution in [1.29, 1.82) is 0 Å². The fourth-order valence-electron chi connectivity index (χ4n) is 3.00. The molecule has 6 nitrogen and oxygen atoms in total. The summed E-state index contributed by atoms with van der Waals surface area (Å²) in [7, 11) is -4.03. The van der Waals surface area contributed by atoms with Crippen LogP contribution >= 0.6 is 27.5 Å². The Hall–Kier alpha value is -2.68. The van der Waals surface area contributed by atoms with E-state index in [1.807, 2.05) is 44.2 Å². The molecule has 33 heavy (non-hydrogen) atoms. The summed E-state index contributed by atoms with van der Waals surface area (Å²) in [6.07, 6.45) is 0. The van der Waals surface area contributed by atoms with Gasteiger partial charge in [0.25, 0.3) is 15.9 Å². The molecule has 0 aliphatic carbocycles. The minimum atomic E-state index is -4.03. The summed E-state index contributed by atoms with van der Waals surface area (Å²) in [5.74, 6) is -0.567. The Kier molecular flexibility index (Phi) is 7.94. The third kappa shape index (κ3) is 6.22. The Morgan fingerprint density at radius 3 is 2.24 bits per heavy atom. The first-order valence-electron chi connectivity index (χ1n) is 10.0. The number of carbonyl (C=O) groups is 1. The van der Waals surface area contributed by atoms with Crippen molar-refractivity contribution in [1.82, 2.24) is 5.43 Å². The lowest BCUT2D eigenvalue weighted by atomic mass is 10.1. The average Bonchev–Trinajstić information content (AvgIpc) is 2.78. The molecule has 0 saturated carbocycles. The molecule has 0 aliphatic heterocycles. The zero-order chi connectivity index (χ0) is 24.2. The molecule has 9 heteroatoms. The Labute approximate surface area is 207 Å². The van der Waals surface area contributed by atoms with Gasteiger partial charge < -0.3 is 0 Å². The van der Waals surface area contributed by atoms with E-state index in [2.05, 4.69) is 26.5 Å². The highest BCUT2D eigenvalue weighted by Gasteiger charge is 2.27. The van der Waals surface area contributed by atoms with Gasteiger partial charge in [0.05, 0.1) is 16.3 Å². The molecule has 3 rings (SSSR count). The van der Waals surface area contributed by atoms with Crippen LogP contribution in [0.2, 0.25) is 5.02 Å². The Bertz CT molecular complexity index is 1290. The predicted octanol–water partition coefficient (Wildman–Crippen LogP) is 5.46. The molecule has 0 aromatic heterocycles. The number of aryl methyl sites for hydroxylation is 2. The lowest BCUT2D eigenvalue weighted by Gasteiger charge is -2.24. The van der Waals surface area contributed by atoms with E-state index in [9.17, 15) is 13.2 Å². The van der Waals surface area contributed by atoms with Gasteiger partial charge in [-0.2, -0.15) is 5.10 Å². The molecule has 0 radical (unpaired) electrons. The van der Waals surface area contributed by atoms with Gasteiger partial charge in [0.1, 0.15) is 6.54 Å². The van der Waals surface area contributed by atoms with Crippen molar-refractivity contribution >= 4 is 54.9 Å². The summed E-state index contributed by atoms with van der Waals surface area (Å²) in [5, 5.41) is 4.55. The van der Waals surface area contributed by atoms with Crippen molar-refractivity contribution < 1.29 is 13.2 Å². The van der Waals surface area contributed by atoms with Crippen LogP contribution in [0.15, 0.2) is 81.2 Å².